The van der Waals surface area contributed by atoms with Gasteiger partial charge in [0, 0.05) is 13.1 Å². The van der Waals surface area contributed by atoms with E-state index in [0.717, 1.165) is 25.9 Å². The van der Waals surface area contributed by atoms with Gasteiger partial charge in [0.15, 0.2) is 0 Å². The minimum absolute atomic E-state index is 0.0843. The smallest absolute Gasteiger partial charge is 0.307 e. The van der Waals surface area contributed by atoms with E-state index in [1.165, 1.54) is 180 Å². The third-order valence-electron chi connectivity index (χ3n) is 11.4. The van der Waals surface area contributed by atoms with Crippen molar-refractivity contribution < 1.29 is 19.1 Å². The first kappa shape index (κ1) is 52.9. The van der Waals surface area contributed by atoms with Crippen molar-refractivity contribution >= 4 is 11.9 Å². The average Bonchev–Trinajstić information content (AvgIpc) is 3.16. The summed E-state index contributed by atoms with van der Waals surface area (Å²) in [5.74, 6) is 0.793. The van der Waals surface area contributed by atoms with Gasteiger partial charge in [-0.15, -0.1) is 0 Å². The lowest BCUT2D eigenvalue weighted by Crippen LogP contribution is -2.31. The van der Waals surface area contributed by atoms with Crippen LogP contribution < -0.4 is 0 Å². The predicted molar refractivity (Wildman–Crippen MR) is 234 cm³/mol. The molecule has 0 amide bonds. The Morgan fingerprint density at radius 1 is 0.389 bits per heavy atom. The highest BCUT2D eigenvalue weighted by Gasteiger charge is 2.17. The van der Waals surface area contributed by atoms with E-state index in [9.17, 15) is 9.59 Å². The normalized spacial score (nSPS) is 11.8. The van der Waals surface area contributed by atoms with Gasteiger partial charge in [-0.2, -0.15) is 0 Å². The number of unbranched alkanes of at least 4 members (excludes halogenated alkanes) is 21. The van der Waals surface area contributed by atoms with E-state index in [4.69, 9.17) is 9.47 Å². The number of nitrogens with zero attached hydrogens (tertiary/aromatic N) is 2. The molecular weight excluding hydrogens is 669 g/mol. The second kappa shape index (κ2) is 41.5. The first-order chi connectivity index (χ1) is 26.4. The maximum absolute atomic E-state index is 13.1. The molecular formula is C48H96N2O4. The average molecular weight is 765 g/mol. The van der Waals surface area contributed by atoms with Gasteiger partial charge in [0.1, 0.15) is 0 Å². The van der Waals surface area contributed by atoms with Crippen LogP contribution in [-0.4, -0.2) is 75.2 Å². The fraction of sp³-hybridized carbons (Fsp3) is 0.958. The standard InChI is InChI=1S/C48H96N2O4/c1-7-11-15-19-23-27-33-45(34-28-24-20-16-12-8-2)43-53-47(51)37-41-50(40-32-31-39-49(5)6)42-38-48(52)54-44-46(35-29-25-21-17-13-9-3)36-30-26-22-18-14-10-4/h45-46H,7-44H2,1-6H3. The SMILES string of the molecule is CCCCCCCCC(CCCCCCCC)COC(=O)CCN(CCCCN(C)C)CCC(=O)OCC(CCCCCCCC)CCCCCCCC. The number of ether oxygens (including phenoxy) is 2. The summed E-state index contributed by atoms with van der Waals surface area (Å²) in [5, 5.41) is 0. The molecule has 0 unspecified atom stereocenters. The van der Waals surface area contributed by atoms with E-state index in [-0.39, 0.29) is 11.9 Å². The molecule has 0 aromatic heterocycles. The summed E-state index contributed by atoms with van der Waals surface area (Å²) in [7, 11) is 4.23. The Hall–Kier alpha value is -1.14. The van der Waals surface area contributed by atoms with Gasteiger partial charge in [-0.25, -0.2) is 0 Å². The van der Waals surface area contributed by atoms with E-state index in [1.807, 2.05) is 0 Å². The van der Waals surface area contributed by atoms with Gasteiger partial charge in [0.05, 0.1) is 26.1 Å². The van der Waals surface area contributed by atoms with Crippen LogP contribution in [0.5, 0.6) is 0 Å². The minimum atomic E-state index is -0.0843. The van der Waals surface area contributed by atoms with E-state index < -0.39 is 0 Å². The van der Waals surface area contributed by atoms with Crippen molar-refractivity contribution in [3.8, 4) is 0 Å². The highest BCUT2D eigenvalue weighted by molar-refractivity contribution is 5.70. The Balaban J connectivity index is 4.95. The molecule has 0 radical (unpaired) electrons. The molecule has 0 aliphatic carbocycles. The van der Waals surface area contributed by atoms with E-state index in [2.05, 4.69) is 51.6 Å². The van der Waals surface area contributed by atoms with Crippen LogP contribution in [0.1, 0.15) is 233 Å². The highest BCUT2D eigenvalue weighted by Crippen LogP contribution is 2.22. The molecule has 0 heterocycles. The molecule has 0 atom stereocenters. The van der Waals surface area contributed by atoms with Crippen molar-refractivity contribution in [1.82, 2.24) is 9.80 Å². The summed E-state index contributed by atoms with van der Waals surface area (Å²) >= 11 is 0. The van der Waals surface area contributed by atoms with Gasteiger partial charge >= 0.3 is 11.9 Å². The predicted octanol–water partition coefficient (Wildman–Crippen LogP) is 13.7. The Bertz CT molecular complexity index is 703. The van der Waals surface area contributed by atoms with Crippen LogP contribution in [0.4, 0.5) is 0 Å². The molecule has 0 saturated carbocycles. The van der Waals surface area contributed by atoms with Gasteiger partial charge in [-0.1, -0.05) is 182 Å². The van der Waals surface area contributed by atoms with Crippen molar-refractivity contribution in [1.29, 1.82) is 0 Å². The van der Waals surface area contributed by atoms with Crippen molar-refractivity contribution in [2.24, 2.45) is 11.8 Å². The second-order valence-corrected chi connectivity index (χ2v) is 17.2. The first-order valence-electron chi connectivity index (χ1n) is 24.0. The number of hydrogen-bond donors (Lipinski definition) is 0. The zero-order valence-corrected chi connectivity index (χ0v) is 37.6. The number of rotatable bonds is 43. The summed E-state index contributed by atoms with van der Waals surface area (Å²) in [4.78, 5) is 30.6. The zero-order valence-electron chi connectivity index (χ0n) is 37.6. The molecule has 0 N–H and O–H groups in total. The summed E-state index contributed by atoms with van der Waals surface area (Å²) < 4.78 is 11.9. The fourth-order valence-corrected chi connectivity index (χ4v) is 7.64. The summed E-state index contributed by atoms with van der Waals surface area (Å²) in [6, 6.07) is 0. The molecule has 0 bridgehead atoms. The third-order valence-corrected chi connectivity index (χ3v) is 11.4. The van der Waals surface area contributed by atoms with E-state index in [1.54, 1.807) is 0 Å². The third kappa shape index (κ3) is 37.8. The Kier molecular flexibility index (Phi) is 40.6. The molecule has 0 rings (SSSR count). The fourth-order valence-electron chi connectivity index (χ4n) is 7.64. The van der Waals surface area contributed by atoms with Gasteiger partial charge in [0.25, 0.3) is 0 Å². The van der Waals surface area contributed by atoms with Crippen LogP contribution in [-0.2, 0) is 19.1 Å². The number of carbonyl (C=O) groups excluding carboxylic acids is 2. The number of carbonyl (C=O) groups is 2. The van der Waals surface area contributed by atoms with Crippen LogP contribution in [0.15, 0.2) is 0 Å². The summed E-state index contributed by atoms with van der Waals surface area (Å²) in [6.07, 6.45) is 39.0. The number of esters is 2. The second-order valence-electron chi connectivity index (χ2n) is 17.2. The lowest BCUT2D eigenvalue weighted by molar-refractivity contribution is -0.145. The quantitative estimate of drug-likeness (QED) is 0.0455. The van der Waals surface area contributed by atoms with Crippen molar-refractivity contribution in [2.75, 3.05) is 53.5 Å². The molecule has 0 spiro atoms. The number of hydrogen-bond acceptors (Lipinski definition) is 6. The molecule has 0 aromatic rings. The summed E-state index contributed by atoms with van der Waals surface area (Å²) in [6.45, 7) is 13.5. The Morgan fingerprint density at radius 2 is 0.685 bits per heavy atom. The molecule has 0 aliphatic heterocycles. The Morgan fingerprint density at radius 3 is 1.00 bits per heavy atom. The van der Waals surface area contributed by atoms with E-state index >= 15 is 0 Å². The maximum atomic E-state index is 13.1. The largest absolute Gasteiger partial charge is 0.465 e. The van der Waals surface area contributed by atoms with Gasteiger partial charge < -0.3 is 19.3 Å². The molecule has 0 fully saturated rings. The molecule has 0 aromatic carbocycles. The van der Waals surface area contributed by atoms with Crippen LogP contribution >= 0.6 is 0 Å². The molecule has 54 heavy (non-hydrogen) atoms. The van der Waals surface area contributed by atoms with Gasteiger partial charge in [-0.3, -0.25) is 9.59 Å². The lowest BCUT2D eigenvalue weighted by Gasteiger charge is -2.23. The first-order valence-corrected chi connectivity index (χ1v) is 24.0. The monoisotopic (exact) mass is 765 g/mol. The molecule has 0 aliphatic rings. The highest BCUT2D eigenvalue weighted by atomic mass is 16.5. The minimum Gasteiger partial charge on any atom is -0.465 e. The van der Waals surface area contributed by atoms with Crippen molar-refractivity contribution in [3.05, 3.63) is 0 Å². The molecule has 0 saturated heterocycles. The van der Waals surface area contributed by atoms with Crippen LogP contribution in [0, 0.1) is 11.8 Å². The van der Waals surface area contributed by atoms with E-state index in [0.29, 0.717) is 51.0 Å². The van der Waals surface area contributed by atoms with Crippen molar-refractivity contribution in [2.45, 2.75) is 233 Å². The maximum Gasteiger partial charge on any atom is 0.307 e. The van der Waals surface area contributed by atoms with Crippen molar-refractivity contribution in [3.63, 3.8) is 0 Å². The van der Waals surface area contributed by atoms with Crippen LogP contribution in [0.2, 0.25) is 0 Å². The summed E-state index contributed by atoms with van der Waals surface area (Å²) in [5.41, 5.74) is 0. The van der Waals surface area contributed by atoms with Gasteiger partial charge in [0.2, 0.25) is 0 Å². The molecule has 6 nitrogen and oxygen atoms in total. The topological polar surface area (TPSA) is 59.1 Å². The van der Waals surface area contributed by atoms with Gasteiger partial charge in [-0.05, 0) is 77.5 Å². The van der Waals surface area contributed by atoms with Crippen LogP contribution in [0.25, 0.3) is 0 Å². The molecule has 322 valence electrons. The molecule has 6 heteroatoms. The van der Waals surface area contributed by atoms with Crippen LogP contribution in [0.3, 0.4) is 0 Å². The lowest BCUT2D eigenvalue weighted by atomic mass is 9.94. The Labute approximate surface area is 338 Å². The zero-order chi connectivity index (χ0) is 39.7.